The number of thioether (sulfide) groups is 1. The largest absolute Gasteiger partial charge is 0.496 e. The Bertz CT molecular complexity index is 924. The number of halogens is 1. The zero-order chi connectivity index (χ0) is 19.4. The Balaban J connectivity index is 1.87. The van der Waals surface area contributed by atoms with Gasteiger partial charge in [-0.1, -0.05) is 19.1 Å². The summed E-state index contributed by atoms with van der Waals surface area (Å²) in [6, 6.07) is 11.6. The molecule has 7 heteroatoms. The van der Waals surface area contributed by atoms with Crippen LogP contribution in [0.5, 0.6) is 11.5 Å². The number of amides is 1. The number of methoxy groups -OCH3 is 2. The summed E-state index contributed by atoms with van der Waals surface area (Å²) in [5.74, 6) is 1.10. The number of hydrogen-bond acceptors (Lipinski definition) is 5. The molecule has 0 saturated carbocycles. The maximum atomic E-state index is 12.3. The van der Waals surface area contributed by atoms with Gasteiger partial charge in [0.25, 0.3) is 5.91 Å². The zero-order valence-electron chi connectivity index (χ0n) is 15.2. The molecule has 27 heavy (non-hydrogen) atoms. The molecule has 0 aromatic heterocycles. The predicted octanol–water partition coefficient (Wildman–Crippen LogP) is 4.92. The fourth-order valence-electron chi connectivity index (χ4n) is 2.54. The molecular weight excluding hydrogens is 428 g/mol. The van der Waals surface area contributed by atoms with Gasteiger partial charge < -0.3 is 14.8 Å². The lowest BCUT2D eigenvalue weighted by atomic mass is 10.1. The summed E-state index contributed by atoms with van der Waals surface area (Å²) in [4.78, 5) is 17.4. The second kappa shape index (κ2) is 8.63. The lowest BCUT2D eigenvalue weighted by Crippen LogP contribution is -2.19. The van der Waals surface area contributed by atoms with E-state index in [0.29, 0.717) is 21.6 Å². The number of benzene rings is 2. The summed E-state index contributed by atoms with van der Waals surface area (Å²) >= 11 is 4.76. The van der Waals surface area contributed by atoms with Crippen molar-refractivity contribution in [3.63, 3.8) is 0 Å². The Morgan fingerprint density at radius 2 is 1.85 bits per heavy atom. The van der Waals surface area contributed by atoms with E-state index >= 15 is 0 Å². The Labute approximate surface area is 171 Å². The molecule has 2 aromatic rings. The summed E-state index contributed by atoms with van der Waals surface area (Å²) in [5, 5.41) is 3.36. The van der Waals surface area contributed by atoms with Gasteiger partial charge in [0, 0.05) is 11.6 Å². The third-order valence-electron chi connectivity index (χ3n) is 4.02. The first-order valence-electron chi connectivity index (χ1n) is 8.34. The topological polar surface area (TPSA) is 59.9 Å². The van der Waals surface area contributed by atoms with E-state index in [4.69, 9.17) is 9.47 Å². The first-order valence-corrected chi connectivity index (χ1v) is 9.95. The van der Waals surface area contributed by atoms with Crippen LogP contribution >= 0.6 is 27.7 Å². The number of nitrogens with zero attached hydrogens (tertiary/aromatic N) is 1. The van der Waals surface area contributed by atoms with Crippen molar-refractivity contribution in [1.82, 2.24) is 5.32 Å². The summed E-state index contributed by atoms with van der Waals surface area (Å²) in [7, 11) is 3.17. The van der Waals surface area contributed by atoms with Crippen molar-refractivity contribution in [3.8, 4) is 11.5 Å². The van der Waals surface area contributed by atoms with Gasteiger partial charge in [0.2, 0.25) is 0 Å². The van der Waals surface area contributed by atoms with Crippen LogP contribution in [-0.4, -0.2) is 25.3 Å². The van der Waals surface area contributed by atoms with Crippen molar-refractivity contribution >= 4 is 50.5 Å². The van der Waals surface area contributed by atoms with Crippen LogP contribution in [0.4, 0.5) is 5.69 Å². The average molecular weight is 447 g/mol. The Kier molecular flexibility index (Phi) is 6.23. The summed E-state index contributed by atoms with van der Waals surface area (Å²) in [6.45, 7) is 2.11. The first kappa shape index (κ1) is 19.5. The number of amidine groups is 1. The SMILES string of the molecule is CCc1ccc(N=C2NC(=O)/C(=C/c3cc(Br)c(OC)cc3OC)S2)cc1. The van der Waals surface area contributed by atoms with Crippen molar-refractivity contribution < 1.29 is 14.3 Å². The predicted molar refractivity (Wildman–Crippen MR) is 114 cm³/mol. The zero-order valence-corrected chi connectivity index (χ0v) is 17.6. The molecule has 140 valence electrons. The molecule has 0 bridgehead atoms. The molecule has 3 rings (SSSR count). The van der Waals surface area contributed by atoms with Crippen LogP contribution in [0.3, 0.4) is 0 Å². The van der Waals surface area contributed by atoms with E-state index in [2.05, 4.69) is 33.2 Å². The third kappa shape index (κ3) is 4.54. The Hall–Kier alpha value is -2.25. The molecule has 1 fully saturated rings. The molecule has 1 saturated heterocycles. The minimum absolute atomic E-state index is 0.182. The molecule has 1 heterocycles. The van der Waals surface area contributed by atoms with Crippen LogP contribution < -0.4 is 14.8 Å². The molecule has 1 aliphatic heterocycles. The fourth-order valence-corrected chi connectivity index (χ4v) is 3.90. The van der Waals surface area contributed by atoms with E-state index in [1.54, 1.807) is 26.4 Å². The van der Waals surface area contributed by atoms with Gasteiger partial charge >= 0.3 is 0 Å². The van der Waals surface area contributed by atoms with E-state index < -0.39 is 0 Å². The number of carbonyl (C=O) groups is 1. The normalized spacial score (nSPS) is 16.7. The van der Waals surface area contributed by atoms with Crippen LogP contribution in [-0.2, 0) is 11.2 Å². The van der Waals surface area contributed by atoms with Gasteiger partial charge in [-0.25, -0.2) is 4.99 Å². The molecule has 0 unspecified atom stereocenters. The summed E-state index contributed by atoms with van der Waals surface area (Å²) in [5.41, 5.74) is 2.83. The van der Waals surface area contributed by atoms with Crippen molar-refractivity contribution in [2.24, 2.45) is 4.99 Å². The summed E-state index contributed by atoms with van der Waals surface area (Å²) < 4.78 is 11.5. The van der Waals surface area contributed by atoms with E-state index in [9.17, 15) is 4.79 Å². The van der Waals surface area contributed by atoms with Gasteiger partial charge in [-0.05, 0) is 64.0 Å². The van der Waals surface area contributed by atoms with Gasteiger partial charge in [-0.3, -0.25) is 4.79 Å². The van der Waals surface area contributed by atoms with E-state index in [0.717, 1.165) is 22.1 Å². The molecule has 0 aliphatic carbocycles. The molecule has 1 amide bonds. The lowest BCUT2D eigenvalue weighted by Gasteiger charge is -2.10. The molecule has 0 atom stereocenters. The standard InChI is InChI=1S/C20H19BrN2O3S/c1-4-12-5-7-14(8-6-12)22-20-23-19(24)18(27-20)10-13-9-15(21)17(26-3)11-16(13)25-2/h5-11H,4H2,1-3H3,(H,22,23,24)/b18-10-. The molecule has 1 aliphatic rings. The number of rotatable bonds is 5. The number of aliphatic imine (C=N–C) groups is 1. The number of ether oxygens (including phenoxy) is 2. The van der Waals surface area contributed by atoms with Crippen LogP contribution in [0.25, 0.3) is 6.08 Å². The second-order valence-electron chi connectivity index (χ2n) is 5.73. The maximum absolute atomic E-state index is 12.3. The van der Waals surface area contributed by atoms with Gasteiger partial charge in [0.15, 0.2) is 5.17 Å². The van der Waals surface area contributed by atoms with Crippen LogP contribution in [0.1, 0.15) is 18.1 Å². The Morgan fingerprint density at radius 3 is 2.48 bits per heavy atom. The van der Waals surface area contributed by atoms with Gasteiger partial charge in [-0.2, -0.15) is 0 Å². The quantitative estimate of drug-likeness (QED) is 0.661. The van der Waals surface area contributed by atoms with Gasteiger partial charge in [0.1, 0.15) is 11.5 Å². The molecule has 5 nitrogen and oxygen atoms in total. The highest BCUT2D eigenvalue weighted by atomic mass is 79.9. The van der Waals surface area contributed by atoms with E-state index in [1.165, 1.54) is 17.3 Å². The van der Waals surface area contributed by atoms with Crippen LogP contribution in [0.2, 0.25) is 0 Å². The number of carbonyl (C=O) groups excluding carboxylic acids is 1. The van der Waals surface area contributed by atoms with Crippen molar-refractivity contribution in [1.29, 1.82) is 0 Å². The monoisotopic (exact) mass is 446 g/mol. The molecule has 0 spiro atoms. The van der Waals surface area contributed by atoms with Crippen LogP contribution in [0.15, 0.2) is 50.8 Å². The highest BCUT2D eigenvalue weighted by Crippen LogP contribution is 2.36. The molecule has 2 aromatic carbocycles. The van der Waals surface area contributed by atoms with E-state index in [1.807, 2.05) is 30.3 Å². The van der Waals surface area contributed by atoms with Crippen molar-refractivity contribution in [2.45, 2.75) is 13.3 Å². The van der Waals surface area contributed by atoms with Gasteiger partial charge in [-0.15, -0.1) is 0 Å². The van der Waals surface area contributed by atoms with E-state index in [-0.39, 0.29) is 5.91 Å². The second-order valence-corrected chi connectivity index (χ2v) is 7.62. The highest BCUT2D eigenvalue weighted by Gasteiger charge is 2.24. The highest BCUT2D eigenvalue weighted by molar-refractivity contribution is 9.10. The van der Waals surface area contributed by atoms with Crippen molar-refractivity contribution in [3.05, 3.63) is 56.9 Å². The van der Waals surface area contributed by atoms with Gasteiger partial charge in [0.05, 0.1) is 29.3 Å². The smallest absolute Gasteiger partial charge is 0.264 e. The molecule has 1 N–H and O–H groups in total. The lowest BCUT2D eigenvalue weighted by molar-refractivity contribution is -0.115. The summed E-state index contributed by atoms with van der Waals surface area (Å²) in [6.07, 6.45) is 2.76. The fraction of sp³-hybridized carbons (Fsp3) is 0.200. The number of nitrogens with one attached hydrogen (secondary N) is 1. The molecule has 0 radical (unpaired) electrons. The van der Waals surface area contributed by atoms with Crippen molar-refractivity contribution in [2.75, 3.05) is 14.2 Å². The average Bonchev–Trinajstić information content (AvgIpc) is 3.01. The minimum Gasteiger partial charge on any atom is -0.496 e. The third-order valence-corrected chi connectivity index (χ3v) is 5.55. The van der Waals surface area contributed by atoms with Crippen LogP contribution in [0, 0.1) is 0 Å². The Morgan fingerprint density at radius 1 is 1.15 bits per heavy atom. The maximum Gasteiger partial charge on any atom is 0.264 e. The molecular formula is C20H19BrN2O3S. The first-order chi connectivity index (χ1) is 13.0. The number of hydrogen-bond donors (Lipinski definition) is 1. The minimum atomic E-state index is -0.182. The number of aryl methyl sites for hydroxylation is 1.